The van der Waals surface area contributed by atoms with Crippen LogP contribution in [0.1, 0.15) is 46.1 Å². The van der Waals surface area contributed by atoms with Crippen molar-refractivity contribution in [1.29, 1.82) is 0 Å². The van der Waals surface area contributed by atoms with Crippen molar-refractivity contribution >= 4 is 29.3 Å². The van der Waals surface area contributed by atoms with Crippen molar-refractivity contribution in [3.05, 3.63) is 54.0 Å². The van der Waals surface area contributed by atoms with Gasteiger partial charge in [0.05, 0.1) is 11.8 Å². The van der Waals surface area contributed by atoms with Gasteiger partial charge in [0.2, 0.25) is 17.8 Å². The highest BCUT2D eigenvalue weighted by Gasteiger charge is 2.22. The molecule has 2 aromatic rings. The van der Waals surface area contributed by atoms with Crippen molar-refractivity contribution in [2.45, 2.75) is 46.6 Å². The molecule has 0 fully saturated rings. The summed E-state index contributed by atoms with van der Waals surface area (Å²) in [7, 11) is 5.45. The zero-order valence-corrected chi connectivity index (χ0v) is 24.6. The first-order valence-corrected chi connectivity index (χ1v) is 13.4. The second kappa shape index (κ2) is 15.6. The van der Waals surface area contributed by atoms with Crippen LogP contribution >= 0.6 is 0 Å². The first-order chi connectivity index (χ1) is 18.9. The molecular weight excluding hydrogens is 509 g/mol. The summed E-state index contributed by atoms with van der Waals surface area (Å²) in [5, 5.41) is 9.21. The normalized spacial score (nSPS) is 12.0. The number of aromatic nitrogens is 2. The van der Waals surface area contributed by atoms with E-state index >= 15 is 0 Å². The lowest BCUT2D eigenvalue weighted by Gasteiger charge is -2.24. The third-order valence-electron chi connectivity index (χ3n) is 6.04. The molecule has 2 amide bonds. The minimum atomic E-state index is -0.602. The standard InChI is InChI=1S/C30H42FN7O2/c1-8-17-32-27-23(21-34-29(36-27)35-25-12-9-11-24(31)20-25)14-15-30(3,4)16-18-33-28(40)22(2)38(7)26(39)13-10-19-37(5)6/h9-13,20-22H,8,16-19H2,1-7H3,(H,33,40)(H2,32,34,35,36)/b13-10+/t22-/m0/s1. The van der Waals surface area contributed by atoms with Gasteiger partial charge in [-0.1, -0.05) is 30.9 Å². The fourth-order valence-corrected chi connectivity index (χ4v) is 3.40. The quantitative estimate of drug-likeness (QED) is 0.255. The van der Waals surface area contributed by atoms with Crippen LogP contribution in [0.2, 0.25) is 0 Å². The van der Waals surface area contributed by atoms with E-state index in [0.717, 1.165) is 6.42 Å². The Morgan fingerprint density at radius 3 is 2.62 bits per heavy atom. The van der Waals surface area contributed by atoms with Gasteiger partial charge in [-0.25, -0.2) is 9.37 Å². The van der Waals surface area contributed by atoms with Gasteiger partial charge >= 0.3 is 0 Å². The molecule has 0 aliphatic rings. The number of amides is 2. The van der Waals surface area contributed by atoms with E-state index in [-0.39, 0.29) is 17.6 Å². The molecule has 1 atom stereocenters. The van der Waals surface area contributed by atoms with Crippen LogP contribution in [-0.4, -0.2) is 78.4 Å². The molecule has 216 valence electrons. The number of halogens is 1. The molecule has 1 heterocycles. The molecule has 9 nitrogen and oxygen atoms in total. The molecule has 0 aliphatic heterocycles. The summed E-state index contributed by atoms with van der Waals surface area (Å²) in [5.74, 6) is 6.60. The largest absolute Gasteiger partial charge is 0.369 e. The molecule has 3 N–H and O–H groups in total. The van der Waals surface area contributed by atoms with Gasteiger partial charge in [-0.15, -0.1) is 0 Å². The van der Waals surface area contributed by atoms with E-state index in [1.165, 1.54) is 23.1 Å². The van der Waals surface area contributed by atoms with Gasteiger partial charge in [0.25, 0.3) is 0 Å². The number of anilines is 3. The van der Waals surface area contributed by atoms with Gasteiger partial charge < -0.3 is 25.8 Å². The van der Waals surface area contributed by atoms with Crippen molar-refractivity contribution in [2.75, 3.05) is 51.4 Å². The number of carbonyl (C=O) groups excluding carboxylic acids is 2. The number of carbonyl (C=O) groups is 2. The summed E-state index contributed by atoms with van der Waals surface area (Å²) in [6.45, 7) is 9.53. The number of hydrogen-bond donors (Lipinski definition) is 3. The summed E-state index contributed by atoms with van der Waals surface area (Å²) in [4.78, 5) is 37.2. The topological polar surface area (TPSA) is 102 Å². The van der Waals surface area contributed by atoms with E-state index in [2.05, 4.69) is 44.7 Å². The van der Waals surface area contributed by atoms with Crippen LogP contribution in [0.15, 0.2) is 42.6 Å². The molecule has 1 aromatic heterocycles. The Labute approximate surface area is 237 Å². The second-order valence-corrected chi connectivity index (χ2v) is 10.5. The van der Waals surface area contributed by atoms with Gasteiger partial charge in [-0.2, -0.15) is 4.98 Å². The molecule has 0 aliphatic carbocycles. The van der Waals surface area contributed by atoms with E-state index in [1.807, 2.05) is 32.8 Å². The predicted octanol–water partition coefficient (Wildman–Crippen LogP) is 4.03. The number of nitrogens with zero attached hydrogens (tertiary/aromatic N) is 4. The van der Waals surface area contributed by atoms with Crippen LogP contribution in [0.5, 0.6) is 0 Å². The number of hydrogen-bond acceptors (Lipinski definition) is 7. The molecule has 0 unspecified atom stereocenters. The first-order valence-electron chi connectivity index (χ1n) is 13.4. The van der Waals surface area contributed by atoms with Crippen molar-refractivity contribution in [2.24, 2.45) is 5.41 Å². The molecule has 0 bridgehead atoms. The summed E-state index contributed by atoms with van der Waals surface area (Å²) >= 11 is 0. The summed E-state index contributed by atoms with van der Waals surface area (Å²) in [6, 6.07) is 5.49. The van der Waals surface area contributed by atoms with Crippen LogP contribution in [0.3, 0.4) is 0 Å². The molecule has 2 rings (SSSR count). The Morgan fingerprint density at radius 1 is 1.20 bits per heavy atom. The number of benzene rings is 1. The molecule has 0 radical (unpaired) electrons. The maximum atomic E-state index is 13.5. The Bertz CT molecular complexity index is 1230. The second-order valence-electron chi connectivity index (χ2n) is 10.5. The molecule has 10 heteroatoms. The van der Waals surface area contributed by atoms with Crippen LogP contribution in [0.25, 0.3) is 0 Å². The van der Waals surface area contributed by atoms with Crippen molar-refractivity contribution in [3.8, 4) is 11.8 Å². The minimum absolute atomic E-state index is 0.220. The van der Waals surface area contributed by atoms with Crippen LogP contribution < -0.4 is 16.0 Å². The Balaban J connectivity index is 2.01. The lowest BCUT2D eigenvalue weighted by molar-refractivity contribution is -0.135. The monoisotopic (exact) mass is 551 g/mol. The van der Waals surface area contributed by atoms with E-state index in [1.54, 1.807) is 38.4 Å². The molecule has 1 aromatic carbocycles. The van der Waals surface area contributed by atoms with Crippen molar-refractivity contribution < 1.29 is 14.0 Å². The van der Waals surface area contributed by atoms with E-state index in [4.69, 9.17) is 0 Å². The highest BCUT2D eigenvalue weighted by molar-refractivity contribution is 5.92. The van der Waals surface area contributed by atoms with Gasteiger partial charge in [-0.05, 0) is 65.9 Å². The third kappa shape index (κ3) is 11.0. The molecule has 0 spiro atoms. The average Bonchev–Trinajstić information content (AvgIpc) is 2.90. The Hall–Kier alpha value is -3.97. The van der Waals surface area contributed by atoms with Gasteiger partial charge in [0.1, 0.15) is 17.7 Å². The van der Waals surface area contributed by atoms with Gasteiger partial charge in [0, 0.05) is 43.9 Å². The zero-order chi connectivity index (χ0) is 29.7. The first kappa shape index (κ1) is 32.2. The maximum Gasteiger partial charge on any atom is 0.246 e. The van der Waals surface area contributed by atoms with Crippen LogP contribution in [-0.2, 0) is 9.59 Å². The van der Waals surface area contributed by atoms with Crippen LogP contribution in [0, 0.1) is 23.1 Å². The van der Waals surface area contributed by atoms with Crippen molar-refractivity contribution in [3.63, 3.8) is 0 Å². The third-order valence-corrected chi connectivity index (χ3v) is 6.04. The average molecular weight is 552 g/mol. The zero-order valence-electron chi connectivity index (χ0n) is 24.6. The number of rotatable bonds is 13. The molecule has 0 saturated heterocycles. The van der Waals surface area contributed by atoms with E-state index < -0.39 is 11.5 Å². The summed E-state index contributed by atoms with van der Waals surface area (Å²) in [5.41, 5.74) is 0.786. The van der Waals surface area contributed by atoms with Crippen LogP contribution in [0.4, 0.5) is 21.8 Å². The summed E-state index contributed by atoms with van der Waals surface area (Å²) in [6.07, 6.45) is 6.41. The molecule has 40 heavy (non-hydrogen) atoms. The van der Waals surface area contributed by atoms with E-state index in [0.29, 0.717) is 49.1 Å². The Kier molecular flexibility index (Phi) is 12.6. The number of likely N-dealkylation sites (N-methyl/N-ethyl adjacent to an activating group) is 2. The van der Waals surface area contributed by atoms with E-state index in [9.17, 15) is 14.0 Å². The SMILES string of the molecule is CCCNc1nc(Nc2cccc(F)c2)ncc1C#CC(C)(C)CCNC(=O)[C@H](C)N(C)C(=O)/C=C/CN(C)C. The van der Waals surface area contributed by atoms with Gasteiger partial charge in [-0.3, -0.25) is 9.59 Å². The lowest BCUT2D eigenvalue weighted by Crippen LogP contribution is -2.46. The molecule has 0 saturated carbocycles. The van der Waals surface area contributed by atoms with Crippen molar-refractivity contribution in [1.82, 2.24) is 25.1 Å². The highest BCUT2D eigenvalue weighted by Crippen LogP contribution is 2.21. The molecular formula is C30H42FN7O2. The predicted molar refractivity (Wildman–Crippen MR) is 159 cm³/mol. The summed E-state index contributed by atoms with van der Waals surface area (Å²) < 4.78 is 13.5. The van der Waals surface area contributed by atoms with Gasteiger partial charge in [0.15, 0.2) is 0 Å². The lowest BCUT2D eigenvalue weighted by atomic mass is 9.90. The minimum Gasteiger partial charge on any atom is -0.369 e. The maximum absolute atomic E-state index is 13.5. The Morgan fingerprint density at radius 2 is 1.95 bits per heavy atom. The highest BCUT2D eigenvalue weighted by atomic mass is 19.1. The fourth-order valence-electron chi connectivity index (χ4n) is 3.40. The fraction of sp³-hybridized carbons (Fsp3) is 0.467. The smallest absolute Gasteiger partial charge is 0.246 e. The number of nitrogens with one attached hydrogen (secondary N) is 3.